The van der Waals surface area contributed by atoms with Crippen molar-refractivity contribution in [3.05, 3.63) is 71.0 Å². The van der Waals surface area contributed by atoms with Crippen LogP contribution in [0, 0.1) is 20.8 Å². The molecule has 0 atom stereocenters. The maximum Gasteiger partial charge on any atom is 0.236 e. The average Bonchev–Trinajstić information content (AvgIpc) is 3.08. The Morgan fingerprint density at radius 1 is 1.00 bits per heavy atom. The van der Waals surface area contributed by atoms with E-state index in [-0.39, 0.29) is 0 Å². The van der Waals surface area contributed by atoms with Crippen molar-refractivity contribution >= 4 is 29.0 Å². The number of nitrogens with zero attached hydrogens (tertiary/aromatic N) is 3. The summed E-state index contributed by atoms with van der Waals surface area (Å²) in [5.74, 6) is 1.69. The molecule has 0 aliphatic carbocycles. The van der Waals surface area contributed by atoms with Gasteiger partial charge in [-0.15, -0.1) is 11.8 Å². The lowest BCUT2D eigenvalue weighted by molar-refractivity contribution is 1.01. The van der Waals surface area contributed by atoms with Crippen molar-refractivity contribution in [2.45, 2.75) is 39.0 Å². The highest BCUT2D eigenvalue weighted by atomic mass is 32.2. The molecule has 0 radical (unpaired) electrons. The van der Waals surface area contributed by atoms with E-state index in [1.165, 1.54) is 16.0 Å². The molecule has 2 aromatic carbocycles. The van der Waals surface area contributed by atoms with Crippen LogP contribution in [0.1, 0.15) is 29.4 Å². The predicted octanol–water partition coefficient (Wildman–Crippen LogP) is 6.35. The predicted molar refractivity (Wildman–Crippen MR) is 124 cm³/mol. The van der Waals surface area contributed by atoms with Crippen molar-refractivity contribution in [2.75, 3.05) is 11.6 Å². The smallest absolute Gasteiger partial charge is 0.236 e. The van der Waals surface area contributed by atoms with E-state index in [2.05, 4.69) is 85.3 Å². The van der Waals surface area contributed by atoms with Gasteiger partial charge in [-0.3, -0.25) is 4.40 Å². The summed E-state index contributed by atoms with van der Waals surface area (Å²) < 4.78 is 2.12. The van der Waals surface area contributed by atoms with Crippen LogP contribution in [0.5, 0.6) is 0 Å². The van der Waals surface area contributed by atoms with Crippen LogP contribution in [0.3, 0.4) is 0 Å². The third-order valence-electron chi connectivity index (χ3n) is 5.25. The van der Waals surface area contributed by atoms with Crippen molar-refractivity contribution in [2.24, 2.45) is 0 Å². The third kappa shape index (κ3) is 3.62. The largest absolute Gasteiger partial charge is 0.339 e. The summed E-state index contributed by atoms with van der Waals surface area (Å²) in [5.41, 5.74) is 7.76. The van der Waals surface area contributed by atoms with Crippen molar-refractivity contribution in [1.82, 2.24) is 14.4 Å². The van der Waals surface area contributed by atoms with Gasteiger partial charge in [-0.1, -0.05) is 37.3 Å². The number of anilines is 2. The first-order chi connectivity index (χ1) is 14.0. The molecule has 0 amide bonds. The standard InChI is InChI=1S/C24H26N4S/c1-6-18-9-7-8-15(2)21(18)26-23-22(19-10-12-20(29-5)13-11-19)27-24-25-16(3)14-17(4)28(23)24/h7-14,26H,6H2,1-5H3. The Balaban J connectivity index is 1.95. The topological polar surface area (TPSA) is 42.2 Å². The fourth-order valence-electron chi connectivity index (χ4n) is 3.76. The Morgan fingerprint density at radius 3 is 2.45 bits per heavy atom. The van der Waals surface area contributed by atoms with E-state index in [1.54, 1.807) is 11.8 Å². The maximum atomic E-state index is 4.92. The zero-order valence-corrected chi connectivity index (χ0v) is 18.4. The highest BCUT2D eigenvalue weighted by Crippen LogP contribution is 2.34. The summed E-state index contributed by atoms with van der Waals surface area (Å²) in [4.78, 5) is 10.9. The van der Waals surface area contributed by atoms with Gasteiger partial charge in [0.05, 0.1) is 0 Å². The van der Waals surface area contributed by atoms with Crippen molar-refractivity contribution in [3.63, 3.8) is 0 Å². The first-order valence-electron chi connectivity index (χ1n) is 9.88. The number of rotatable bonds is 5. The molecule has 148 valence electrons. The van der Waals surface area contributed by atoms with E-state index < -0.39 is 0 Å². The lowest BCUT2D eigenvalue weighted by atomic mass is 10.1. The van der Waals surface area contributed by atoms with Gasteiger partial charge >= 0.3 is 0 Å². The van der Waals surface area contributed by atoms with E-state index in [1.807, 2.05) is 6.92 Å². The van der Waals surface area contributed by atoms with Crippen LogP contribution >= 0.6 is 11.8 Å². The van der Waals surface area contributed by atoms with E-state index >= 15 is 0 Å². The SMILES string of the molecule is CCc1cccc(C)c1Nc1c(-c2ccc(SC)cc2)nc2nc(C)cc(C)n12. The van der Waals surface area contributed by atoms with Crippen LogP contribution < -0.4 is 5.32 Å². The fraction of sp³-hybridized carbons (Fsp3) is 0.250. The molecule has 0 saturated carbocycles. The summed E-state index contributed by atoms with van der Waals surface area (Å²) >= 11 is 1.74. The normalized spacial score (nSPS) is 11.2. The minimum Gasteiger partial charge on any atom is -0.339 e. The van der Waals surface area contributed by atoms with Crippen LogP contribution in [0.4, 0.5) is 11.5 Å². The molecule has 0 fully saturated rings. The Labute approximate surface area is 176 Å². The number of fused-ring (bicyclic) bond motifs is 1. The fourth-order valence-corrected chi connectivity index (χ4v) is 4.17. The van der Waals surface area contributed by atoms with Crippen LogP contribution in [-0.2, 0) is 6.42 Å². The number of imidazole rings is 1. The van der Waals surface area contributed by atoms with Gasteiger partial charge in [-0.25, -0.2) is 9.97 Å². The minimum atomic E-state index is 0.723. The van der Waals surface area contributed by atoms with Gasteiger partial charge in [-0.05, 0) is 62.8 Å². The number of thioether (sulfide) groups is 1. The van der Waals surface area contributed by atoms with E-state index in [0.717, 1.165) is 46.3 Å². The number of hydrogen-bond acceptors (Lipinski definition) is 4. The molecule has 2 aromatic heterocycles. The summed E-state index contributed by atoms with van der Waals surface area (Å²) in [6, 6.07) is 17.1. The Bertz CT molecular complexity index is 1180. The Kier molecular flexibility index (Phi) is 5.33. The van der Waals surface area contributed by atoms with Crippen LogP contribution in [0.25, 0.3) is 17.0 Å². The highest BCUT2D eigenvalue weighted by molar-refractivity contribution is 7.98. The molecule has 4 rings (SSSR count). The number of aromatic nitrogens is 3. The first-order valence-corrected chi connectivity index (χ1v) is 11.1. The van der Waals surface area contributed by atoms with Crippen molar-refractivity contribution in [1.29, 1.82) is 0 Å². The molecule has 0 aliphatic rings. The molecule has 0 saturated heterocycles. The average molecular weight is 403 g/mol. The molecule has 5 heteroatoms. The summed E-state index contributed by atoms with van der Waals surface area (Å²) in [7, 11) is 0. The molecular formula is C24H26N4S. The van der Waals surface area contributed by atoms with Crippen LogP contribution in [-0.4, -0.2) is 20.6 Å². The quantitative estimate of drug-likeness (QED) is 0.395. The van der Waals surface area contributed by atoms with Gasteiger partial charge in [-0.2, -0.15) is 0 Å². The zero-order valence-electron chi connectivity index (χ0n) is 17.6. The molecule has 0 aliphatic heterocycles. The molecule has 2 heterocycles. The van der Waals surface area contributed by atoms with Crippen molar-refractivity contribution < 1.29 is 0 Å². The molecule has 29 heavy (non-hydrogen) atoms. The number of para-hydroxylation sites is 1. The van der Waals surface area contributed by atoms with E-state index in [4.69, 9.17) is 9.97 Å². The van der Waals surface area contributed by atoms with Gasteiger partial charge in [0.1, 0.15) is 11.5 Å². The van der Waals surface area contributed by atoms with E-state index in [9.17, 15) is 0 Å². The van der Waals surface area contributed by atoms with Gasteiger partial charge in [0, 0.05) is 27.5 Å². The number of hydrogen-bond donors (Lipinski definition) is 1. The molecule has 4 aromatic rings. The molecular weight excluding hydrogens is 376 g/mol. The lowest BCUT2D eigenvalue weighted by Crippen LogP contribution is -2.04. The van der Waals surface area contributed by atoms with Crippen molar-refractivity contribution in [3.8, 4) is 11.3 Å². The van der Waals surface area contributed by atoms with Crippen LogP contribution in [0.15, 0.2) is 53.4 Å². The number of nitrogens with one attached hydrogen (secondary N) is 1. The Hall–Kier alpha value is -2.79. The number of benzene rings is 2. The molecule has 0 bridgehead atoms. The van der Waals surface area contributed by atoms with Gasteiger partial charge in [0.25, 0.3) is 0 Å². The highest BCUT2D eigenvalue weighted by Gasteiger charge is 2.19. The summed E-state index contributed by atoms with van der Waals surface area (Å²) in [6.45, 7) is 8.45. The summed E-state index contributed by atoms with van der Waals surface area (Å²) in [5, 5.41) is 3.73. The second-order valence-electron chi connectivity index (χ2n) is 7.30. The van der Waals surface area contributed by atoms with Gasteiger partial charge in [0.15, 0.2) is 0 Å². The zero-order chi connectivity index (χ0) is 20.5. The second-order valence-corrected chi connectivity index (χ2v) is 8.18. The molecule has 0 unspecified atom stereocenters. The van der Waals surface area contributed by atoms with Gasteiger partial charge in [0.2, 0.25) is 5.78 Å². The van der Waals surface area contributed by atoms with E-state index in [0.29, 0.717) is 0 Å². The monoisotopic (exact) mass is 402 g/mol. The molecule has 4 nitrogen and oxygen atoms in total. The summed E-state index contributed by atoms with van der Waals surface area (Å²) in [6.07, 6.45) is 3.06. The second kappa shape index (κ2) is 7.91. The maximum absolute atomic E-state index is 4.92. The van der Waals surface area contributed by atoms with Crippen LogP contribution in [0.2, 0.25) is 0 Å². The minimum absolute atomic E-state index is 0.723. The lowest BCUT2D eigenvalue weighted by Gasteiger charge is -2.16. The Morgan fingerprint density at radius 2 is 1.76 bits per heavy atom. The molecule has 1 N–H and O–H groups in total. The first kappa shape index (κ1) is 19.5. The molecule has 0 spiro atoms. The third-order valence-corrected chi connectivity index (χ3v) is 6.00. The number of aryl methyl sites for hydroxylation is 4. The van der Waals surface area contributed by atoms with Gasteiger partial charge < -0.3 is 5.32 Å².